The highest BCUT2D eigenvalue weighted by molar-refractivity contribution is 6.03. The standard InChI is InChI=1S/C26H24N2O/c1-19-16-23-22-14-8-9-15-24(22)28(18-21-12-6-3-7-13-21)25(23)26(29)27(19)17-20-10-4-2-5-11-20/h2-15,19H,16-18H2,1H3. The zero-order chi connectivity index (χ0) is 19.8. The molecule has 1 unspecified atom stereocenters. The van der Waals surface area contributed by atoms with E-state index in [1.165, 1.54) is 22.1 Å². The van der Waals surface area contributed by atoms with E-state index in [0.717, 1.165) is 17.6 Å². The SMILES string of the molecule is CC1Cc2c(n(Cc3ccccc3)c3ccccc23)C(=O)N1Cc1ccccc1. The van der Waals surface area contributed by atoms with Crippen LogP contribution in [0.4, 0.5) is 0 Å². The van der Waals surface area contributed by atoms with E-state index in [4.69, 9.17) is 0 Å². The Labute approximate surface area is 171 Å². The molecule has 29 heavy (non-hydrogen) atoms. The van der Waals surface area contributed by atoms with E-state index in [-0.39, 0.29) is 11.9 Å². The number of carbonyl (C=O) groups is 1. The summed E-state index contributed by atoms with van der Waals surface area (Å²) in [6.07, 6.45) is 0.885. The maximum absolute atomic E-state index is 13.7. The molecule has 0 N–H and O–H groups in total. The summed E-state index contributed by atoms with van der Waals surface area (Å²) < 4.78 is 2.21. The molecule has 0 bridgehead atoms. The average molecular weight is 380 g/mol. The lowest BCUT2D eigenvalue weighted by molar-refractivity contribution is 0.0638. The Bertz CT molecular complexity index is 1160. The van der Waals surface area contributed by atoms with Crippen LogP contribution < -0.4 is 0 Å². The first-order chi connectivity index (χ1) is 14.2. The third-order valence-corrected chi connectivity index (χ3v) is 5.95. The van der Waals surface area contributed by atoms with Gasteiger partial charge in [0.15, 0.2) is 0 Å². The molecule has 2 heterocycles. The Morgan fingerprint density at radius 1 is 0.793 bits per heavy atom. The van der Waals surface area contributed by atoms with Crippen molar-refractivity contribution in [2.75, 3.05) is 0 Å². The van der Waals surface area contributed by atoms with Crippen molar-refractivity contribution in [1.82, 2.24) is 9.47 Å². The number of nitrogens with zero attached hydrogens (tertiary/aromatic N) is 2. The quantitative estimate of drug-likeness (QED) is 0.473. The van der Waals surface area contributed by atoms with E-state index in [9.17, 15) is 4.79 Å². The van der Waals surface area contributed by atoms with Crippen LogP contribution in [-0.2, 0) is 19.5 Å². The van der Waals surface area contributed by atoms with Crippen molar-refractivity contribution in [2.45, 2.75) is 32.5 Å². The van der Waals surface area contributed by atoms with Crippen LogP contribution in [0.25, 0.3) is 10.9 Å². The second-order valence-corrected chi connectivity index (χ2v) is 7.89. The fourth-order valence-electron chi connectivity index (χ4n) is 4.51. The van der Waals surface area contributed by atoms with Crippen LogP contribution in [0, 0.1) is 0 Å². The van der Waals surface area contributed by atoms with E-state index in [2.05, 4.69) is 72.2 Å². The molecule has 1 amide bonds. The molecule has 0 aliphatic carbocycles. The number of hydrogen-bond acceptors (Lipinski definition) is 1. The first-order valence-corrected chi connectivity index (χ1v) is 10.2. The van der Waals surface area contributed by atoms with E-state index in [0.29, 0.717) is 13.1 Å². The normalized spacial score (nSPS) is 16.2. The summed E-state index contributed by atoms with van der Waals surface area (Å²) in [5.74, 6) is 0.134. The molecule has 3 nitrogen and oxygen atoms in total. The molecule has 0 fully saturated rings. The zero-order valence-electron chi connectivity index (χ0n) is 16.6. The summed E-state index contributed by atoms with van der Waals surface area (Å²) >= 11 is 0. The summed E-state index contributed by atoms with van der Waals surface area (Å²) in [7, 11) is 0. The minimum atomic E-state index is 0.134. The molecule has 3 heteroatoms. The lowest BCUT2D eigenvalue weighted by Crippen LogP contribution is -2.44. The Morgan fingerprint density at radius 3 is 2.07 bits per heavy atom. The third-order valence-electron chi connectivity index (χ3n) is 5.95. The average Bonchev–Trinajstić information content (AvgIpc) is 3.06. The molecule has 1 aliphatic rings. The molecule has 0 spiro atoms. The molecule has 1 aliphatic heterocycles. The predicted octanol–water partition coefficient (Wildman–Crippen LogP) is 5.28. The number of rotatable bonds is 4. The number of para-hydroxylation sites is 1. The molecule has 5 rings (SSSR count). The van der Waals surface area contributed by atoms with Gasteiger partial charge in [0.05, 0.1) is 0 Å². The Balaban J connectivity index is 1.62. The van der Waals surface area contributed by atoms with Gasteiger partial charge in [-0.3, -0.25) is 4.79 Å². The molecular weight excluding hydrogens is 356 g/mol. The molecule has 0 saturated carbocycles. The van der Waals surface area contributed by atoms with E-state index in [1.807, 2.05) is 29.2 Å². The van der Waals surface area contributed by atoms with E-state index >= 15 is 0 Å². The first-order valence-electron chi connectivity index (χ1n) is 10.2. The number of benzene rings is 3. The van der Waals surface area contributed by atoms with Gasteiger partial charge in [-0.1, -0.05) is 78.9 Å². The van der Waals surface area contributed by atoms with Crippen molar-refractivity contribution in [2.24, 2.45) is 0 Å². The summed E-state index contributed by atoms with van der Waals surface area (Å²) in [4.78, 5) is 15.7. The molecular formula is C26H24N2O. The van der Waals surface area contributed by atoms with Gasteiger partial charge < -0.3 is 9.47 Å². The van der Waals surface area contributed by atoms with Crippen molar-refractivity contribution in [3.05, 3.63) is 107 Å². The van der Waals surface area contributed by atoms with Crippen LogP contribution in [0.2, 0.25) is 0 Å². The Kier molecular flexibility index (Phi) is 4.44. The third kappa shape index (κ3) is 3.13. The van der Waals surface area contributed by atoms with Crippen molar-refractivity contribution >= 4 is 16.8 Å². The number of hydrogen-bond donors (Lipinski definition) is 0. The van der Waals surface area contributed by atoms with Gasteiger partial charge in [-0.15, -0.1) is 0 Å². The van der Waals surface area contributed by atoms with Gasteiger partial charge in [0, 0.05) is 30.0 Å². The molecule has 0 radical (unpaired) electrons. The largest absolute Gasteiger partial charge is 0.332 e. The Morgan fingerprint density at radius 2 is 1.38 bits per heavy atom. The van der Waals surface area contributed by atoms with Crippen LogP contribution in [0.3, 0.4) is 0 Å². The highest BCUT2D eigenvalue weighted by atomic mass is 16.2. The molecule has 1 atom stereocenters. The smallest absolute Gasteiger partial charge is 0.271 e. The molecule has 0 saturated heterocycles. The fraction of sp³-hybridized carbons (Fsp3) is 0.192. The van der Waals surface area contributed by atoms with Crippen molar-refractivity contribution in [3.8, 4) is 0 Å². The number of aromatic nitrogens is 1. The highest BCUT2D eigenvalue weighted by Crippen LogP contribution is 2.34. The molecule has 4 aromatic rings. The van der Waals surface area contributed by atoms with Crippen molar-refractivity contribution in [3.63, 3.8) is 0 Å². The first kappa shape index (κ1) is 17.7. The van der Waals surface area contributed by atoms with Gasteiger partial charge in [0.1, 0.15) is 5.69 Å². The van der Waals surface area contributed by atoms with Crippen LogP contribution in [0.15, 0.2) is 84.9 Å². The van der Waals surface area contributed by atoms with Gasteiger partial charge in [-0.05, 0) is 36.1 Å². The topological polar surface area (TPSA) is 25.2 Å². The van der Waals surface area contributed by atoms with Gasteiger partial charge in [0.25, 0.3) is 5.91 Å². The van der Waals surface area contributed by atoms with Crippen molar-refractivity contribution < 1.29 is 4.79 Å². The molecule has 3 aromatic carbocycles. The van der Waals surface area contributed by atoms with Gasteiger partial charge >= 0.3 is 0 Å². The van der Waals surface area contributed by atoms with E-state index < -0.39 is 0 Å². The zero-order valence-corrected chi connectivity index (χ0v) is 16.6. The summed E-state index contributed by atoms with van der Waals surface area (Å²) in [5, 5.41) is 1.21. The predicted molar refractivity (Wildman–Crippen MR) is 117 cm³/mol. The van der Waals surface area contributed by atoms with Crippen LogP contribution in [-0.4, -0.2) is 21.4 Å². The molecule has 1 aromatic heterocycles. The number of fused-ring (bicyclic) bond motifs is 3. The maximum Gasteiger partial charge on any atom is 0.271 e. The van der Waals surface area contributed by atoms with Gasteiger partial charge in [-0.25, -0.2) is 0 Å². The summed E-state index contributed by atoms with van der Waals surface area (Å²) in [6.45, 7) is 3.51. The van der Waals surface area contributed by atoms with Crippen LogP contribution >= 0.6 is 0 Å². The van der Waals surface area contributed by atoms with E-state index in [1.54, 1.807) is 0 Å². The molecule has 144 valence electrons. The summed E-state index contributed by atoms with van der Waals surface area (Å²) in [6, 6.07) is 29.2. The highest BCUT2D eigenvalue weighted by Gasteiger charge is 2.34. The number of carbonyl (C=O) groups excluding carboxylic acids is 1. The lowest BCUT2D eigenvalue weighted by Gasteiger charge is -2.34. The van der Waals surface area contributed by atoms with Gasteiger partial charge in [0.2, 0.25) is 0 Å². The lowest BCUT2D eigenvalue weighted by atomic mass is 9.96. The Hall–Kier alpha value is -3.33. The fourth-order valence-corrected chi connectivity index (χ4v) is 4.51. The van der Waals surface area contributed by atoms with Crippen LogP contribution in [0.5, 0.6) is 0 Å². The second-order valence-electron chi connectivity index (χ2n) is 7.89. The summed E-state index contributed by atoms with van der Waals surface area (Å²) in [5.41, 5.74) is 5.56. The van der Waals surface area contributed by atoms with Gasteiger partial charge in [-0.2, -0.15) is 0 Å². The minimum absolute atomic E-state index is 0.134. The second kappa shape index (κ2) is 7.25. The van der Waals surface area contributed by atoms with Crippen LogP contribution in [0.1, 0.15) is 34.1 Å². The minimum Gasteiger partial charge on any atom is -0.332 e. The number of amides is 1. The van der Waals surface area contributed by atoms with Crippen molar-refractivity contribution in [1.29, 1.82) is 0 Å². The maximum atomic E-state index is 13.7. The monoisotopic (exact) mass is 380 g/mol.